The van der Waals surface area contributed by atoms with Crippen LogP contribution in [-0.4, -0.2) is 33.7 Å². The van der Waals surface area contributed by atoms with Crippen LogP contribution in [0.15, 0.2) is 42.7 Å². The normalized spacial score (nSPS) is 18.9. The zero-order valence-electron chi connectivity index (χ0n) is 12.3. The second kappa shape index (κ2) is 6.06. The molecule has 1 aromatic carbocycles. The molecule has 0 radical (unpaired) electrons. The lowest BCUT2D eigenvalue weighted by molar-refractivity contribution is -0.138. The van der Waals surface area contributed by atoms with Gasteiger partial charge in [-0.05, 0) is 31.0 Å². The van der Waals surface area contributed by atoms with Gasteiger partial charge >= 0.3 is 6.18 Å². The number of carbonyl (C=O) groups excluding carboxylic acids is 1. The van der Waals surface area contributed by atoms with E-state index in [2.05, 4.69) is 5.10 Å². The van der Waals surface area contributed by atoms with E-state index in [-0.39, 0.29) is 11.6 Å². The van der Waals surface area contributed by atoms with Crippen LogP contribution in [0.1, 0.15) is 34.8 Å². The molecule has 0 aliphatic carbocycles. The molecule has 23 heavy (non-hydrogen) atoms. The van der Waals surface area contributed by atoms with Crippen LogP contribution in [0.4, 0.5) is 13.2 Å². The summed E-state index contributed by atoms with van der Waals surface area (Å²) in [4.78, 5) is 14.1. The highest BCUT2D eigenvalue weighted by Gasteiger charge is 2.36. The Kier molecular flexibility index (Phi) is 4.11. The van der Waals surface area contributed by atoms with Gasteiger partial charge in [-0.2, -0.15) is 18.3 Å². The number of hydrogen-bond donors (Lipinski definition) is 0. The number of aromatic nitrogens is 2. The number of likely N-dealkylation sites (tertiary alicyclic amines) is 1. The van der Waals surface area contributed by atoms with Gasteiger partial charge in [-0.1, -0.05) is 12.1 Å². The smallest absolute Gasteiger partial charge is 0.336 e. The van der Waals surface area contributed by atoms with E-state index in [4.69, 9.17) is 0 Å². The largest absolute Gasteiger partial charge is 0.417 e. The average Bonchev–Trinajstić information content (AvgIpc) is 3.08. The predicted octanol–water partition coefficient (Wildman–Crippen LogP) is 3.38. The number of amides is 1. The molecular formula is C16H16F3N3O. The van der Waals surface area contributed by atoms with Crippen molar-refractivity contribution in [3.8, 4) is 0 Å². The van der Waals surface area contributed by atoms with Crippen molar-refractivity contribution in [2.45, 2.75) is 25.1 Å². The molecule has 1 aliphatic heterocycles. The van der Waals surface area contributed by atoms with E-state index in [0.717, 1.165) is 18.9 Å². The minimum absolute atomic E-state index is 0.000693. The van der Waals surface area contributed by atoms with Crippen molar-refractivity contribution in [3.05, 3.63) is 53.9 Å². The average molecular weight is 323 g/mol. The Hall–Kier alpha value is -2.31. The Labute approximate surface area is 131 Å². The summed E-state index contributed by atoms with van der Waals surface area (Å²) in [5, 5.41) is 4.16. The highest BCUT2D eigenvalue weighted by atomic mass is 19.4. The minimum atomic E-state index is -4.54. The molecule has 7 heteroatoms. The summed E-state index contributed by atoms with van der Waals surface area (Å²) >= 11 is 0. The molecule has 122 valence electrons. The monoisotopic (exact) mass is 323 g/mol. The molecular weight excluding hydrogens is 307 g/mol. The first-order valence-electron chi connectivity index (χ1n) is 7.41. The van der Waals surface area contributed by atoms with Crippen molar-refractivity contribution in [1.29, 1.82) is 0 Å². The molecule has 2 heterocycles. The molecule has 0 N–H and O–H groups in total. The minimum Gasteiger partial charge on any atom is -0.336 e. The molecule has 1 atom stereocenters. The molecule has 1 saturated heterocycles. The van der Waals surface area contributed by atoms with Crippen LogP contribution in [0.5, 0.6) is 0 Å². The fourth-order valence-electron chi connectivity index (χ4n) is 2.94. The molecule has 4 nitrogen and oxygen atoms in total. The molecule has 1 amide bonds. The molecule has 1 aliphatic rings. The van der Waals surface area contributed by atoms with Crippen molar-refractivity contribution in [2.75, 3.05) is 13.1 Å². The zero-order valence-corrected chi connectivity index (χ0v) is 12.3. The third-order valence-corrected chi connectivity index (χ3v) is 4.05. The summed E-state index contributed by atoms with van der Waals surface area (Å²) in [6.07, 6.45) is 0.516. The van der Waals surface area contributed by atoms with Crippen LogP contribution in [0.25, 0.3) is 0 Å². The van der Waals surface area contributed by atoms with Crippen molar-refractivity contribution in [2.24, 2.45) is 0 Å². The van der Waals surface area contributed by atoms with E-state index in [1.165, 1.54) is 23.1 Å². The van der Waals surface area contributed by atoms with Crippen LogP contribution in [0, 0.1) is 0 Å². The number of rotatable bonds is 2. The van der Waals surface area contributed by atoms with E-state index in [9.17, 15) is 18.0 Å². The van der Waals surface area contributed by atoms with Gasteiger partial charge in [0.1, 0.15) is 0 Å². The number of piperidine rings is 1. The Bertz CT molecular complexity index is 682. The summed E-state index contributed by atoms with van der Waals surface area (Å²) in [7, 11) is 0. The summed E-state index contributed by atoms with van der Waals surface area (Å²) in [6.45, 7) is 0.829. The maximum Gasteiger partial charge on any atom is 0.417 e. The van der Waals surface area contributed by atoms with Crippen molar-refractivity contribution < 1.29 is 18.0 Å². The quantitative estimate of drug-likeness (QED) is 0.850. The lowest BCUT2D eigenvalue weighted by Crippen LogP contribution is -2.41. The fourth-order valence-corrected chi connectivity index (χ4v) is 2.94. The van der Waals surface area contributed by atoms with E-state index < -0.39 is 17.6 Å². The third kappa shape index (κ3) is 3.23. The van der Waals surface area contributed by atoms with Gasteiger partial charge < -0.3 is 4.90 Å². The van der Waals surface area contributed by atoms with Crippen LogP contribution in [0.2, 0.25) is 0 Å². The van der Waals surface area contributed by atoms with Gasteiger partial charge in [0.05, 0.1) is 17.2 Å². The van der Waals surface area contributed by atoms with Gasteiger partial charge in [0.15, 0.2) is 0 Å². The first-order valence-corrected chi connectivity index (χ1v) is 7.41. The number of nitrogens with zero attached hydrogens (tertiary/aromatic N) is 3. The van der Waals surface area contributed by atoms with E-state index in [0.29, 0.717) is 13.1 Å². The highest BCUT2D eigenvalue weighted by Crippen LogP contribution is 2.33. The molecule has 1 fully saturated rings. The van der Waals surface area contributed by atoms with Gasteiger partial charge in [-0.25, -0.2) is 0 Å². The maximum absolute atomic E-state index is 13.1. The predicted molar refractivity (Wildman–Crippen MR) is 77.8 cm³/mol. The summed E-state index contributed by atoms with van der Waals surface area (Å²) < 4.78 is 41.0. The summed E-state index contributed by atoms with van der Waals surface area (Å²) in [5.41, 5.74) is -1.17. The topological polar surface area (TPSA) is 38.1 Å². The van der Waals surface area contributed by atoms with Crippen molar-refractivity contribution in [1.82, 2.24) is 14.7 Å². The van der Waals surface area contributed by atoms with Crippen LogP contribution < -0.4 is 0 Å². The first kappa shape index (κ1) is 15.6. The Morgan fingerprint density at radius 1 is 1.22 bits per heavy atom. The molecule has 0 spiro atoms. The Balaban J connectivity index is 1.83. The second-order valence-corrected chi connectivity index (χ2v) is 5.58. The molecule has 0 bridgehead atoms. The zero-order chi connectivity index (χ0) is 16.4. The van der Waals surface area contributed by atoms with Gasteiger partial charge in [-0.3, -0.25) is 9.48 Å². The molecule has 3 rings (SSSR count). The Morgan fingerprint density at radius 3 is 2.70 bits per heavy atom. The summed E-state index contributed by atoms with van der Waals surface area (Å²) in [5.74, 6) is -0.574. The Morgan fingerprint density at radius 2 is 2.00 bits per heavy atom. The second-order valence-electron chi connectivity index (χ2n) is 5.58. The van der Waals surface area contributed by atoms with E-state index in [1.807, 2.05) is 6.20 Å². The van der Waals surface area contributed by atoms with E-state index in [1.54, 1.807) is 16.9 Å². The van der Waals surface area contributed by atoms with Gasteiger partial charge in [-0.15, -0.1) is 0 Å². The number of hydrogen-bond acceptors (Lipinski definition) is 2. The number of benzene rings is 1. The molecule has 1 aromatic heterocycles. The van der Waals surface area contributed by atoms with Gasteiger partial charge in [0.25, 0.3) is 5.91 Å². The third-order valence-electron chi connectivity index (χ3n) is 4.05. The standard InChI is InChI=1S/C16H16F3N3O/c17-16(18,19)14-7-2-1-6-13(14)15(23)21-9-3-5-12(11-21)22-10-4-8-20-22/h1-2,4,6-8,10,12H,3,5,9,11H2. The fraction of sp³-hybridized carbons (Fsp3) is 0.375. The highest BCUT2D eigenvalue weighted by molar-refractivity contribution is 5.96. The maximum atomic E-state index is 13.1. The van der Waals surface area contributed by atoms with Crippen molar-refractivity contribution in [3.63, 3.8) is 0 Å². The lowest BCUT2D eigenvalue weighted by Gasteiger charge is -2.33. The number of carbonyl (C=O) groups is 1. The van der Waals surface area contributed by atoms with Gasteiger partial charge in [0.2, 0.25) is 0 Å². The number of alkyl halides is 3. The van der Waals surface area contributed by atoms with Crippen molar-refractivity contribution >= 4 is 5.91 Å². The molecule has 0 saturated carbocycles. The van der Waals surface area contributed by atoms with Gasteiger partial charge in [0, 0.05) is 25.5 Å². The van der Waals surface area contributed by atoms with Crippen LogP contribution in [-0.2, 0) is 6.18 Å². The first-order chi connectivity index (χ1) is 11.0. The van der Waals surface area contributed by atoms with Crippen LogP contribution >= 0.6 is 0 Å². The summed E-state index contributed by atoms with van der Waals surface area (Å²) in [6, 6.07) is 6.73. The van der Waals surface area contributed by atoms with E-state index >= 15 is 0 Å². The lowest BCUT2D eigenvalue weighted by atomic mass is 10.0. The SMILES string of the molecule is O=C(c1ccccc1C(F)(F)F)N1CCCC(n2cccn2)C1. The molecule has 1 unspecified atom stereocenters. The van der Waals surface area contributed by atoms with Crippen LogP contribution in [0.3, 0.4) is 0 Å². The molecule has 2 aromatic rings. The number of halogens is 3.